The summed E-state index contributed by atoms with van der Waals surface area (Å²) in [5.41, 5.74) is 3.00. The van der Waals surface area contributed by atoms with E-state index >= 15 is 0 Å². The van der Waals surface area contributed by atoms with Crippen molar-refractivity contribution in [3.05, 3.63) is 59.3 Å². The first-order valence-corrected chi connectivity index (χ1v) is 11.0. The van der Waals surface area contributed by atoms with Crippen LogP contribution in [0.5, 0.6) is 11.5 Å². The Morgan fingerprint density at radius 1 is 0.879 bits per heavy atom. The van der Waals surface area contributed by atoms with Gasteiger partial charge >= 0.3 is 0 Å². The van der Waals surface area contributed by atoms with Crippen LogP contribution < -0.4 is 14.4 Å². The van der Waals surface area contributed by atoms with Crippen LogP contribution in [0.2, 0.25) is 0 Å². The molecule has 1 saturated heterocycles. The number of hydrogen-bond donors (Lipinski definition) is 1. The summed E-state index contributed by atoms with van der Waals surface area (Å²) >= 11 is 0. The van der Waals surface area contributed by atoms with Crippen LogP contribution in [0.1, 0.15) is 11.1 Å². The topological polar surface area (TPSA) is 82.6 Å². The fourth-order valence-corrected chi connectivity index (χ4v) is 4.28. The number of imide groups is 1. The van der Waals surface area contributed by atoms with E-state index in [-0.39, 0.29) is 18.4 Å². The lowest BCUT2D eigenvalue weighted by atomic mass is 10.0. The van der Waals surface area contributed by atoms with E-state index in [1.54, 1.807) is 18.2 Å². The highest BCUT2D eigenvalue weighted by atomic mass is 16.5. The molecular formula is C25H29N3O5. The number of ether oxygens (including phenoxy) is 2. The number of aliphatic hydroxyl groups is 1. The van der Waals surface area contributed by atoms with Crippen molar-refractivity contribution < 1.29 is 24.2 Å². The molecule has 0 aliphatic carbocycles. The Morgan fingerprint density at radius 3 is 2.03 bits per heavy atom. The number of anilines is 1. The van der Waals surface area contributed by atoms with Crippen molar-refractivity contribution in [2.24, 2.45) is 0 Å². The second kappa shape index (κ2) is 9.64. The van der Waals surface area contributed by atoms with E-state index in [1.807, 2.05) is 36.1 Å². The van der Waals surface area contributed by atoms with E-state index in [2.05, 4.69) is 4.90 Å². The van der Waals surface area contributed by atoms with Gasteiger partial charge < -0.3 is 19.5 Å². The minimum Gasteiger partial charge on any atom is -0.497 e. The van der Waals surface area contributed by atoms with Gasteiger partial charge in [-0.3, -0.25) is 14.5 Å². The molecule has 174 valence electrons. The van der Waals surface area contributed by atoms with Gasteiger partial charge in [-0.1, -0.05) is 29.8 Å². The van der Waals surface area contributed by atoms with Gasteiger partial charge in [0.15, 0.2) is 0 Å². The van der Waals surface area contributed by atoms with E-state index in [0.29, 0.717) is 66.7 Å². The zero-order valence-electron chi connectivity index (χ0n) is 19.2. The first kappa shape index (κ1) is 22.8. The summed E-state index contributed by atoms with van der Waals surface area (Å²) < 4.78 is 10.7. The third-order valence-corrected chi connectivity index (χ3v) is 6.10. The average Bonchev–Trinajstić information content (AvgIpc) is 3.09. The van der Waals surface area contributed by atoms with Gasteiger partial charge in [0.2, 0.25) is 0 Å². The minimum atomic E-state index is -0.369. The Hall–Kier alpha value is -3.36. The maximum Gasteiger partial charge on any atom is 0.282 e. The van der Waals surface area contributed by atoms with Crippen LogP contribution in [0.3, 0.4) is 0 Å². The molecule has 2 heterocycles. The lowest BCUT2D eigenvalue weighted by Crippen LogP contribution is -2.48. The molecule has 0 atom stereocenters. The van der Waals surface area contributed by atoms with Gasteiger partial charge in [0.05, 0.1) is 32.1 Å². The quantitative estimate of drug-likeness (QED) is 0.644. The number of piperazine rings is 1. The predicted octanol–water partition coefficient (Wildman–Crippen LogP) is 1.91. The smallest absolute Gasteiger partial charge is 0.282 e. The number of aryl methyl sites for hydroxylation is 1. The van der Waals surface area contributed by atoms with E-state index in [0.717, 1.165) is 5.56 Å². The maximum absolute atomic E-state index is 13.7. The van der Waals surface area contributed by atoms with Crippen molar-refractivity contribution in [3.8, 4) is 11.5 Å². The first-order chi connectivity index (χ1) is 16.0. The number of carbonyl (C=O) groups is 2. The molecule has 0 spiro atoms. The Kier molecular flexibility index (Phi) is 6.67. The highest BCUT2D eigenvalue weighted by Crippen LogP contribution is 2.38. The summed E-state index contributed by atoms with van der Waals surface area (Å²) in [4.78, 5) is 32.8. The number of aliphatic hydroxyl groups excluding tert-OH is 1. The van der Waals surface area contributed by atoms with Gasteiger partial charge in [-0.25, -0.2) is 4.90 Å². The Bertz CT molecular complexity index is 1050. The molecule has 0 saturated carbocycles. The van der Waals surface area contributed by atoms with Crippen LogP contribution in [-0.4, -0.2) is 80.3 Å². The molecule has 0 unspecified atom stereocenters. The molecule has 33 heavy (non-hydrogen) atoms. The van der Waals surface area contributed by atoms with Gasteiger partial charge in [-0.05, 0) is 12.5 Å². The third kappa shape index (κ3) is 4.44. The number of β-amino-alcohol motifs (C(OH)–C–C–N with tert-alkyl or cyclic N) is 1. The van der Waals surface area contributed by atoms with Gasteiger partial charge in [0.25, 0.3) is 11.8 Å². The van der Waals surface area contributed by atoms with Crippen LogP contribution in [0, 0.1) is 6.92 Å². The maximum atomic E-state index is 13.7. The summed E-state index contributed by atoms with van der Waals surface area (Å²) in [5.74, 6) is 0.259. The van der Waals surface area contributed by atoms with Gasteiger partial charge in [-0.15, -0.1) is 0 Å². The largest absolute Gasteiger partial charge is 0.497 e. The Morgan fingerprint density at radius 2 is 1.48 bits per heavy atom. The number of hydrogen-bond acceptors (Lipinski definition) is 7. The number of benzene rings is 2. The molecule has 1 fully saturated rings. The van der Waals surface area contributed by atoms with Crippen LogP contribution in [0.4, 0.5) is 5.69 Å². The van der Waals surface area contributed by atoms with Crippen molar-refractivity contribution in [1.29, 1.82) is 0 Å². The number of carbonyl (C=O) groups excluding carboxylic acids is 2. The van der Waals surface area contributed by atoms with E-state index in [1.165, 1.54) is 19.1 Å². The summed E-state index contributed by atoms with van der Waals surface area (Å²) in [6, 6.07) is 12.7. The lowest BCUT2D eigenvalue weighted by Gasteiger charge is -2.36. The lowest BCUT2D eigenvalue weighted by molar-refractivity contribution is -0.120. The zero-order chi connectivity index (χ0) is 23.5. The molecule has 2 aromatic carbocycles. The number of rotatable bonds is 7. The third-order valence-electron chi connectivity index (χ3n) is 6.10. The van der Waals surface area contributed by atoms with Crippen LogP contribution >= 0.6 is 0 Å². The molecule has 8 nitrogen and oxygen atoms in total. The molecule has 4 rings (SSSR count). The summed E-state index contributed by atoms with van der Waals surface area (Å²) in [7, 11) is 3.05. The molecule has 8 heteroatoms. The first-order valence-electron chi connectivity index (χ1n) is 11.0. The fraction of sp³-hybridized carbons (Fsp3) is 0.360. The van der Waals surface area contributed by atoms with Crippen molar-refractivity contribution in [1.82, 2.24) is 9.80 Å². The van der Waals surface area contributed by atoms with Crippen molar-refractivity contribution in [2.75, 3.05) is 58.5 Å². The highest BCUT2D eigenvalue weighted by Gasteiger charge is 2.43. The molecule has 0 radical (unpaired) electrons. The molecule has 0 bridgehead atoms. The SMILES string of the molecule is COc1cc(OC)cc(N2C(=O)C(c3ccc(C)cc3)=C(N3CCN(CCO)CC3)C2=O)c1. The average molecular weight is 452 g/mol. The fourth-order valence-electron chi connectivity index (χ4n) is 4.28. The van der Waals surface area contributed by atoms with Crippen LogP contribution in [0.25, 0.3) is 5.57 Å². The highest BCUT2D eigenvalue weighted by molar-refractivity contribution is 6.45. The monoisotopic (exact) mass is 451 g/mol. The molecule has 2 aromatic rings. The Labute approximate surface area is 193 Å². The Balaban J connectivity index is 1.76. The normalized spacial score (nSPS) is 17.2. The van der Waals surface area contributed by atoms with E-state index in [9.17, 15) is 14.7 Å². The van der Waals surface area contributed by atoms with Gasteiger partial charge in [0, 0.05) is 50.9 Å². The van der Waals surface area contributed by atoms with Gasteiger partial charge in [-0.2, -0.15) is 0 Å². The van der Waals surface area contributed by atoms with Crippen LogP contribution in [0.15, 0.2) is 48.2 Å². The number of nitrogens with zero attached hydrogens (tertiary/aromatic N) is 3. The number of amides is 2. The standard InChI is InChI=1S/C25H29N3O5/c1-17-4-6-18(7-5-17)22-23(27-10-8-26(9-11-27)12-13-29)25(31)28(24(22)30)19-14-20(32-2)16-21(15-19)33-3/h4-7,14-16,29H,8-13H2,1-3H3. The zero-order valence-corrected chi connectivity index (χ0v) is 19.2. The molecule has 2 aliphatic heterocycles. The minimum absolute atomic E-state index is 0.0974. The second-order valence-corrected chi connectivity index (χ2v) is 8.16. The van der Waals surface area contributed by atoms with E-state index in [4.69, 9.17) is 9.47 Å². The summed E-state index contributed by atoms with van der Waals surface area (Å²) in [6.45, 7) is 5.29. The molecular weight excluding hydrogens is 422 g/mol. The molecule has 2 amide bonds. The van der Waals surface area contributed by atoms with Crippen molar-refractivity contribution >= 4 is 23.1 Å². The van der Waals surface area contributed by atoms with Crippen LogP contribution in [-0.2, 0) is 9.59 Å². The predicted molar refractivity (Wildman–Crippen MR) is 125 cm³/mol. The summed E-state index contributed by atoms with van der Waals surface area (Å²) in [6.07, 6.45) is 0. The van der Waals surface area contributed by atoms with Gasteiger partial charge in [0.1, 0.15) is 17.2 Å². The van der Waals surface area contributed by atoms with Crippen molar-refractivity contribution in [2.45, 2.75) is 6.92 Å². The van der Waals surface area contributed by atoms with E-state index < -0.39 is 0 Å². The summed E-state index contributed by atoms with van der Waals surface area (Å²) in [5, 5.41) is 9.24. The van der Waals surface area contributed by atoms with Crippen molar-refractivity contribution in [3.63, 3.8) is 0 Å². The number of methoxy groups -OCH3 is 2. The molecule has 1 N–H and O–H groups in total. The molecule has 0 aromatic heterocycles. The second-order valence-electron chi connectivity index (χ2n) is 8.16. The molecule has 2 aliphatic rings.